The van der Waals surface area contributed by atoms with Gasteiger partial charge in [0.2, 0.25) is 5.88 Å². The molecule has 184 valence electrons. The summed E-state index contributed by atoms with van der Waals surface area (Å²) in [7, 11) is -4.54. The van der Waals surface area contributed by atoms with Crippen LogP contribution in [0.25, 0.3) is 5.57 Å². The number of ether oxygens (including phenoxy) is 1. The molecule has 0 amide bonds. The Bertz CT molecular complexity index is 1270. The summed E-state index contributed by atoms with van der Waals surface area (Å²) in [4.78, 5) is 21.4. The van der Waals surface area contributed by atoms with Crippen molar-refractivity contribution in [2.24, 2.45) is 5.73 Å². The summed E-state index contributed by atoms with van der Waals surface area (Å²) < 4.78 is 39.7. The van der Waals surface area contributed by atoms with E-state index in [1.807, 2.05) is 0 Å². The zero-order valence-electron chi connectivity index (χ0n) is 18.5. The molecule has 0 unspecified atom stereocenters. The van der Waals surface area contributed by atoms with Crippen molar-refractivity contribution in [2.75, 3.05) is 6.73 Å². The first kappa shape index (κ1) is 25.9. The standard InChI is InChI=1S/C23H24FN4O6P/c1-16(25)20(6-4-9-26-15-33-35(29,30)31)22-13-19(28-34-22)11-17-8-10-27-23(12-17)32-14-18-5-2-3-7-21(18)24/h2-10,12-13,26H,1,11,14-15,25H2,(H2,29,30,31)/b9-4-,20-6+. The smallest absolute Gasteiger partial charge is 0.471 e. The molecule has 1 aromatic carbocycles. The fourth-order valence-corrected chi connectivity index (χ4v) is 3.11. The Morgan fingerprint density at radius 1 is 1.29 bits per heavy atom. The van der Waals surface area contributed by atoms with Crippen molar-refractivity contribution in [3.05, 3.63) is 108 Å². The summed E-state index contributed by atoms with van der Waals surface area (Å²) in [6.45, 7) is 3.40. The van der Waals surface area contributed by atoms with Crippen molar-refractivity contribution >= 4 is 13.4 Å². The van der Waals surface area contributed by atoms with Gasteiger partial charge in [-0.3, -0.25) is 4.52 Å². The molecule has 0 radical (unpaired) electrons. The van der Waals surface area contributed by atoms with E-state index in [4.69, 9.17) is 24.8 Å². The van der Waals surface area contributed by atoms with E-state index in [0.717, 1.165) is 5.56 Å². The van der Waals surface area contributed by atoms with Crippen molar-refractivity contribution in [1.82, 2.24) is 15.5 Å². The molecular formula is C23H24FN4O6P. The van der Waals surface area contributed by atoms with Crippen LogP contribution in [0.15, 0.2) is 83.8 Å². The van der Waals surface area contributed by atoms with E-state index >= 15 is 0 Å². The molecule has 2 aromatic heterocycles. The maximum absolute atomic E-state index is 13.8. The van der Waals surface area contributed by atoms with Crippen LogP contribution in [0.2, 0.25) is 0 Å². The minimum atomic E-state index is -4.54. The molecule has 0 saturated carbocycles. The van der Waals surface area contributed by atoms with Gasteiger partial charge in [0.1, 0.15) is 19.2 Å². The lowest BCUT2D eigenvalue weighted by Crippen LogP contribution is -2.09. The van der Waals surface area contributed by atoms with E-state index in [9.17, 15) is 8.96 Å². The van der Waals surface area contributed by atoms with Crippen molar-refractivity contribution in [1.29, 1.82) is 0 Å². The average molecular weight is 502 g/mol. The molecular weight excluding hydrogens is 478 g/mol. The monoisotopic (exact) mass is 502 g/mol. The highest BCUT2D eigenvalue weighted by Crippen LogP contribution is 2.34. The lowest BCUT2D eigenvalue weighted by molar-refractivity contribution is 0.191. The highest BCUT2D eigenvalue weighted by Gasteiger charge is 2.13. The molecule has 0 fully saturated rings. The molecule has 5 N–H and O–H groups in total. The third kappa shape index (κ3) is 8.51. The van der Waals surface area contributed by atoms with E-state index in [2.05, 4.69) is 26.6 Å². The fourth-order valence-electron chi connectivity index (χ4n) is 2.87. The van der Waals surface area contributed by atoms with Crippen molar-refractivity contribution < 1.29 is 32.5 Å². The average Bonchev–Trinajstić information content (AvgIpc) is 3.25. The molecule has 10 nitrogen and oxygen atoms in total. The van der Waals surface area contributed by atoms with Gasteiger partial charge < -0.3 is 30.1 Å². The number of halogens is 1. The second-order valence-electron chi connectivity index (χ2n) is 7.17. The van der Waals surface area contributed by atoms with Crippen LogP contribution >= 0.6 is 7.82 Å². The molecule has 35 heavy (non-hydrogen) atoms. The number of phosphoric acid groups is 1. The molecule has 0 saturated heterocycles. The van der Waals surface area contributed by atoms with Gasteiger partial charge in [-0.05, 0) is 36.0 Å². The second-order valence-corrected chi connectivity index (χ2v) is 8.41. The summed E-state index contributed by atoms with van der Waals surface area (Å²) in [5, 5.41) is 6.62. The van der Waals surface area contributed by atoms with Crippen LogP contribution in [0.5, 0.6) is 5.88 Å². The van der Waals surface area contributed by atoms with Crippen LogP contribution in [0, 0.1) is 5.82 Å². The van der Waals surface area contributed by atoms with Crippen LogP contribution < -0.4 is 15.8 Å². The van der Waals surface area contributed by atoms with Crippen LogP contribution in [-0.4, -0.2) is 26.7 Å². The Labute approximate surface area is 200 Å². The Morgan fingerprint density at radius 2 is 2.09 bits per heavy atom. The number of aromatic nitrogens is 2. The number of hydrogen-bond donors (Lipinski definition) is 4. The van der Waals surface area contributed by atoms with Gasteiger partial charge in [-0.25, -0.2) is 13.9 Å². The molecule has 3 aromatic rings. The molecule has 12 heteroatoms. The molecule has 0 spiro atoms. The molecule has 2 heterocycles. The van der Waals surface area contributed by atoms with Crippen LogP contribution in [0.4, 0.5) is 4.39 Å². The number of phosphoric ester groups is 1. The lowest BCUT2D eigenvalue weighted by atomic mass is 10.1. The minimum absolute atomic E-state index is 0.0534. The first-order chi connectivity index (χ1) is 16.7. The summed E-state index contributed by atoms with van der Waals surface area (Å²) in [5.74, 6) is 0.392. The van der Waals surface area contributed by atoms with Gasteiger partial charge in [-0.2, -0.15) is 0 Å². The van der Waals surface area contributed by atoms with E-state index in [-0.39, 0.29) is 24.9 Å². The van der Waals surface area contributed by atoms with Crippen molar-refractivity contribution in [3.63, 3.8) is 0 Å². The van der Waals surface area contributed by atoms with Crippen LogP contribution in [0.1, 0.15) is 22.6 Å². The normalized spacial score (nSPS) is 12.1. The lowest BCUT2D eigenvalue weighted by Gasteiger charge is -2.07. The summed E-state index contributed by atoms with van der Waals surface area (Å²) >= 11 is 0. The number of hydrogen-bond acceptors (Lipinski definition) is 8. The molecule has 0 aliphatic rings. The number of nitrogens with one attached hydrogen (secondary N) is 1. The summed E-state index contributed by atoms with van der Waals surface area (Å²) in [6.07, 6.45) is 6.56. The highest BCUT2D eigenvalue weighted by molar-refractivity contribution is 7.46. The quantitative estimate of drug-likeness (QED) is 0.125. The predicted octanol–water partition coefficient (Wildman–Crippen LogP) is 3.40. The topological polar surface area (TPSA) is 153 Å². The zero-order valence-corrected chi connectivity index (χ0v) is 19.4. The van der Waals surface area contributed by atoms with Crippen LogP contribution in [-0.2, 0) is 22.1 Å². The number of nitrogens with two attached hydrogens (primary N) is 1. The zero-order chi connectivity index (χ0) is 25.3. The van der Waals surface area contributed by atoms with Crippen molar-refractivity contribution in [2.45, 2.75) is 13.0 Å². The minimum Gasteiger partial charge on any atom is -0.473 e. The molecule has 0 aliphatic carbocycles. The maximum atomic E-state index is 13.8. The van der Waals surface area contributed by atoms with Gasteiger partial charge in [-0.15, -0.1) is 0 Å². The predicted molar refractivity (Wildman–Crippen MR) is 126 cm³/mol. The van der Waals surface area contributed by atoms with E-state index in [1.54, 1.807) is 54.7 Å². The number of nitrogens with zero attached hydrogens (tertiary/aromatic N) is 2. The van der Waals surface area contributed by atoms with Gasteiger partial charge in [0.25, 0.3) is 0 Å². The van der Waals surface area contributed by atoms with Crippen molar-refractivity contribution in [3.8, 4) is 5.88 Å². The number of rotatable bonds is 12. The SMILES string of the molecule is C=C(N)/C(=C\C=C/NCOP(=O)(O)O)c1cc(Cc2ccnc(OCc3ccccc3F)c2)no1. The third-order valence-corrected chi connectivity index (χ3v) is 4.95. The second kappa shape index (κ2) is 12.1. The first-order valence-corrected chi connectivity index (χ1v) is 11.8. The Balaban J connectivity index is 1.62. The van der Waals surface area contributed by atoms with Gasteiger partial charge in [0.05, 0.1) is 5.69 Å². The van der Waals surface area contributed by atoms with E-state index < -0.39 is 7.82 Å². The van der Waals surface area contributed by atoms with E-state index in [0.29, 0.717) is 34.9 Å². The summed E-state index contributed by atoms with van der Waals surface area (Å²) in [5.41, 5.74) is 8.47. The largest absolute Gasteiger partial charge is 0.473 e. The van der Waals surface area contributed by atoms with Gasteiger partial charge in [0.15, 0.2) is 5.76 Å². The Hall–Kier alpha value is -3.76. The fraction of sp³-hybridized carbons (Fsp3) is 0.130. The number of benzene rings is 1. The third-order valence-electron chi connectivity index (χ3n) is 4.48. The van der Waals surface area contributed by atoms with Gasteiger partial charge in [0, 0.05) is 41.6 Å². The molecule has 0 aliphatic heterocycles. The Morgan fingerprint density at radius 3 is 2.83 bits per heavy atom. The van der Waals surface area contributed by atoms with Gasteiger partial charge in [-0.1, -0.05) is 29.9 Å². The van der Waals surface area contributed by atoms with Gasteiger partial charge >= 0.3 is 7.82 Å². The number of allylic oxidation sites excluding steroid dienone is 3. The summed E-state index contributed by atoms with van der Waals surface area (Å²) in [6, 6.07) is 11.6. The first-order valence-electron chi connectivity index (χ1n) is 10.2. The maximum Gasteiger partial charge on any atom is 0.471 e. The Kier molecular flexibility index (Phi) is 8.93. The highest BCUT2D eigenvalue weighted by atomic mass is 31.2. The van der Waals surface area contributed by atoms with Crippen LogP contribution in [0.3, 0.4) is 0 Å². The van der Waals surface area contributed by atoms with E-state index in [1.165, 1.54) is 12.3 Å². The molecule has 0 atom stereocenters. The molecule has 0 bridgehead atoms. The molecule has 3 rings (SSSR count). The number of pyridine rings is 1.